The van der Waals surface area contributed by atoms with Gasteiger partial charge in [0.2, 0.25) is 11.8 Å². The molecule has 0 saturated carbocycles. The van der Waals surface area contributed by atoms with Crippen molar-refractivity contribution in [1.82, 2.24) is 5.43 Å². The second-order valence-corrected chi connectivity index (χ2v) is 6.85. The summed E-state index contributed by atoms with van der Waals surface area (Å²) in [6, 6.07) is 15.4. The van der Waals surface area contributed by atoms with Crippen LogP contribution in [0.2, 0.25) is 0 Å². The molecule has 0 aromatic heterocycles. The molecule has 2 N–H and O–H groups in total. The second-order valence-electron chi connectivity index (χ2n) is 5.61. The Hall–Kier alpha value is -2.22. The lowest BCUT2D eigenvalue weighted by Crippen LogP contribution is -2.22. The molecule has 0 bridgehead atoms. The molecule has 0 atom stereocenters. The van der Waals surface area contributed by atoms with E-state index >= 15 is 0 Å². The average Bonchev–Trinajstić information content (AvgIpc) is 2.61. The summed E-state index contributed by atoms with van der Waals surface area (Å²) < 4.78 is 1.11. The Morgan fingerprint density at radius 3 is 2.40 bits per heavy atom. The molecule has 0 aliphatic heterocycles. The van der Waals surface area contributed by atoms with Gasteiger partial charge in [-0.25, -0.2) is 5.43 Å². The predicted molar refractivity (Wildman–Crippen MR) is 109 cm³/mol. The second kappa shape index (κ2) is 9.31. The fraction of sp³-hybridized carbons (Fsp3) is 0.211. The van der Waals surface area contributed by atoms with Crippen LogP contribution in [0.3, 0.4) is 0 Å². The molecule has 2 amide bonds. The third-order valence-electron chi connectivity index (χ3n) is 3.58. The summed E-state index contributed by atoms with van der Waals surface area (Å²) >= 11 is 2.22. The summed E-state index contributed by atoms with van der Waals surface area (Å²) in [5.74, 6) is -0.479. The highest BCUT2D eigenvalue weighted by Crippen LogP contribution is 2.17. The van der Waals surface area contributed by atoms with E-state index < -0.39 is 0 Å². The number of aryl methyl sites for hydroxylation is 1. The molecule has 130 valence electrons. The van der Waals surface area contributed by atoms with Crippen LogP contribution < -0.4 is 10.7 Å². The number of carbonyl (C=O) groups is 2. The molecule has 2 aromatic carbocycles. The first-order valence-corrected chi connectivity index (χ1v) is 8.98. The minimum atomic E-state index is -0.287. The molecule has 2 aromatic rings. The molecule has 0 heterocycles. The molecule has 25 heavy (non-hydrogen) atoms. The van der Waals surface area contributed by atoms with E-state index in [-0.39, 0.29) is 24.7 Å². The number of nitrogens with one attached hydrogen (secondary N) is 2. The maximum atomic E-state index is 12.0. The smallest absolute Gasteiger partial charge is 0.240 e. The first-order chi connectivity index (χ1) is 12.0. The number of benzene rings is 2. The lowest BCUT2D eigenvalue weighted by molar-refractivity contribution is -0.124. The van der Waals surface area contributed by atoms with Crippen LogP contribution in [0.25, 0.3) is 0 Å². The number of hydrogen-bond donors (Lipinski definition) is 2. The number of carbonyl (C=O) groups excluding carboxylic acids is 2. The zero-order valence-electron chi connectivity index (χ0n) is 14.2. The van der Waals surface area contributed by atoms with Crippen molar-refractivity contribution in [1.29, 1.82) is 0 Å². The van der Waals surface area contributed by atoms with Crippen LogP contribution in [0.1, 0.15) is 30.9 Å². The first kappa shape index (κ1) is 19.1. The van der Waals surface area contributed by atoms with E-state index in [1.807, 2.05) is 62.4 Å². The molecular formula is C19H20IN3O2. The van der Waals surface area contributed by atoms with E-state index in [9.17, 15) is 9.59 Å². The highest BCUT2D eigenvalue weighted by molar-refractivity contribution is 14.1. The molecule has 0 aliphatic carbocycles. The Morgan fingerprint density at radius 1 is 1.04 bits per heavy atom. The van der Waals surface area contributed by atoms with Gasteiger partial charge in [0.1, 0.15) is 0 Å². The fourth-order valence-corrected chi connectivity index (χ4v) is 2.80. The van der Waals surface area contributed by atoms with E-state index in [1.165, 1.54) is 0 Å². The average molecular weight is 449 g/mol. The third kappa shape index (κ3) is 6.30. The molecule has 2 rings (SSSR count). The minimum Gasteiger partial charge on any atom is -0.326 e. The normalized spacial score (nSPS) is 11.1. The van der Waals surface area contributed by atoms with E-state index in [0.29, 0.717) is 5.71 Å². The lowest BCUT2D eigenvalue weighted by atomic mass is 10.1. The van der Waals surface area contributed by atoms with Crippen LogP contribution in [0.15, 0.2) is 53.6 Å². The van der Waals surface area contributed by atoms with Gasteiger partial charge in [-0.1, -0.05) is 30.3 Å². The van der Waals surface area contributed by atoms with Crippen LogP contribution in [0.4, 0.5) is 5.69 Å². The van der Waals surface area contributed by atoms with Crippen LogP contribution in [-0.2, 0) is 9.59 Å². The van der Waals surface area contributed by atoms with Crippen molar-refractivity contribution in [3.8, 4) is 0 Å². The maximum Gasteiger partial charge on any atom is 0.240 e. The summed E-state index contributed by atoms with van der Waals surface area (Å²) in [6.07, 6.45) is 0.192. The van der Waals surface area contributed by atoms with Gasteiger partial charge in [0, 0.05) is 22.1 Å². The molecule has 6 heteroatoms. The number of nitrogens with zero attached hydrogens (tertiary/aromatic N) is 1. The Kier molecular flexibility index (Phi) is 7.12. The molecule has 0 fully saturated rings. The van der Waals surface area contributed by atoms with Gasteiger partial charge in [-0.2, -0.15) is 5.10 Å². The fourth-order valence-electron chi connectivity index (χ4n) is 2.15. The number of amides is 2. The number of hydrogen-bond acceptors (Lipinski definition) is 3. The summed E-state index contributed by atoms with van der Waals surface area (Å²) in [5, 5.41) is 6.89. The molecular weight excluding hydrogens is 429 g/mol. The summed E-state index contributed by atoms with van der Waals surface area (Å²) in [5.41, 5.74) is 5.90. The number of rotatable bonds is 6. The summed E-state index contributed by atoms with van der Waals surface area (Å²) in [7, 11) is 0. The molecule has 0 aliphatic rings. The van der Waals surface area contributed by atoms with Crippen molar-refractivity contribution in [3.63, 3.8) is 0 Å². The van der Waals surface area contributed by atoms with Gasteiger partial charge >= 0.3 is 0 Å². The number of halogens is 1. The SMILES string of the molecule is CC(=NNC(=O)CCC(=O)Nc1ccc(I)cc1C)c1ccccc1. The van der Waals surface area contributed by atoms with E-state index in [4.69, 9.17) is 0 Å². The highest BCUT2D eigenvalue weighted by Gasteiger charge is 2.08. The predicted octanol–water partition coefficient (Wildman–Crippen LogP) is 3.86. The van der Waals surface area contributed by atoms with Gasteiger partial charge < -0.3 is 5.32 Å². The Balaban J connectivity index is 1.80. The third-order valence-corrected chi connectivity index (χ3v) is 4.25. The van der Waals surface area contributed by atoms with E-state index in [0.717, 1.165) is 20.4 Å². The quantitative estimate of drug-likeness (QED) is 0.400. The molecule has 0 radical (unpaired) electrons. The zero-order chi connectivity index (χ0) is 18.2. The summed E-state index contributed by atoms with van der Waals surface area (Å²) in [4.78, 5) is 23.8. The first-order valence-electron chi connectivity index (χ1n) is 7.90. The van der Waals surface area contributed by atoms with Crippen molar-refractivity contribution in [2.75, 3.05) is 5.32 Å². The van der Waals surface area contributed by atoms with Crippen molar-refractivity contribution < 1.29 is 9.59 Å². The number of anilines is 1. The van der Waals surface area contributed by atoms with Crippen LogP contribution in [-0.4, -0.2) is 17.5 Å². The van der Waals surface area contributed by atoms with E-state index in [1.54, 1.807) is 0 Å². The molecule has 0 saturated heterocycles. The van der Waals surface area contributed by atoms with Crippen LogP contribution in [0, 0.1) is 10.5 Å². The van der Waals surface area contributed by atoms with E-state index in [2.05, 4.69) is 38.4 Å². The van der Waals surface area contributed by atoms with Gasteiger partial charge in [-0.3, -0.25) is 9.59 Å². The van der Waals surface area contributed by atoms with Gasteiger partial charge in [0.25, 0.3) is 0 Å². The Bertz CT molecular complexity index is 789. The van der Waals surface area contributed by atoms with Crippen LogP contribution >= 0.6 is 22.6 Å². The maximum absolute atomic E-state index is 12.0. The molecule has 0 spiro atoms. The largest absolute Gasteiger partial charge is 0.326 e. The van der Waals surface area contributed by atoms with Crippen molar-refractivity contribution in [2.24, 2.45) is 5.10 Å². The van der Waals surface area contributed by atoms with Crippen molar-refractivity contribution >= 4 is 45.8 Å². The zero-order valence-corrected chi connectivity index (χ0v) is 16.3. The monoisotopic (exact) mass is 449 g/mol. The summed E-state index contributed by atoms with van der Waals surface area (Å²) in [6.45, 7) is 3.76. The standard InChI is InChI=1S/C19H20IN3O2/c1-13-12-16(20)8-9-17(13)21-18(24)10-11-19(25)23-22-14(2)15-6-4-3-5-7-15/h3-9,12H,10-11H2,1-2H3,(H,21,24)(H,23,25). The van der Waals surface area contributed by atoms with Gasteiger partial charge in [-0.15, -0.1) is 0 Å². The Morgan fingerprint density at radius 2 is 1.72 bits per heavy atom. The van der Waals surface area contributed by atoms with Gasteiger partial charge in [0.05, 0.1) is 5.71 Å². The Labute approximate surface area is 161 Å². The van der Waals surface area contributed by atoms with Gasteiger partial charge in [0.15, 0.2) is 0 Å². The molecule has 0 unspecified atom stereocenters. The topological polar surface area (TPSA) is 70.6 Å². The number of hydrazone groups is 1. The van der Waals surface area contributed by atoms with Crippen molar-refractivity contribution in [2.45, 2.75) is 26.7 Å². The van der Waals surface area contributed by atoms with Crippen molar-refractivity contribution in [3.05, 3.63) is 63.2 Å². The van der Waals surface area contributed by atoms with Crippen LogP contribution in [0.5, 0.6) is 0 Å². The highest BCUT2D eigenvalue weighted by atomic mass is 127. The minimum absolute atomic E-state index is 0.0841. The van der Waals surface area contributed by atoms with Gasteiger partial charge in [-0.05, 0) is 65.8 Å². The lowest BCUT2D eigenvalue weighted by Gasteiger charge is -2.08. The molecule has 5 nitrogen and oxygen atoms in total.